The average Bonchev–Trinajstić information content (AvgIpc) is 2.72. The van der Waals surface area contributed by atoms with Gasteiger partial charge in [-0.1, -0.05) is 19.3 Å². The minimum Gasteiger partial charge on any atom is -0.372 e. The summed E-state index contributed by atoms with van der Waals surface area (Å²) in [5.74, 6) is 0.112. The fourth-order valence-electron chi connectivity index (χ4n) is 4.94. The Bertz CT molecular complexity index is 785. The molecule has 2 atom stereocenters. The standard InChI is InChI=1S/C26H41N3O3/c1-19(2)27-13-9-7-6-8-10-14-29(22(5)30)25-12-11-23(15-24(25)18-27)26(31)28-16-20(3)32-21(4)17-28/h11-12,15,19-21H,6-10,13-14,16-18H2,1-5H3. The number of nitrogens with zero attached hydrogens (tertiary/aromatic N) is 3. The Kier molecular flexibility index (Phi) is 8.72. The van der Waals surface area contributed by atoms with Crippen LogP contribution in [-0.4, -0.2) is 66.0 Å². The zero-order chi connectivity index (χ0) is 23.3. The zero-order valence-corrected chi connectivity index (χ0v) is 20.6. The van der Waals surface area contributed by atoms with E-state index in [2.05, 4.69) is 18.7 Å². The van der Waals surface area contributed by atoms with Crippen LogP contribution in [0.1, 0.15) is 82.6 Å². The number of rotatable bonds is 2. The van der Waals surface area contributed by atoms with E-state index in [0.29, 0.717) is 24.7 Å². The fraction of sp³-hybridized carbons (Fsp3) is 0.692. The Morgan fingerprint density at radius 1 is 0.969 bits per heavy atom. The highest BCUT2D eigenvalue weighted by molar-refractivity contribution is 5.97. The van der Waals surface area contributed by atoms with Gasteiger partial charge in [0.2, 0.25) is 5.91 Å². The molecular formula is C26H41N3O3. The number of fused-ring (bicyclic) bond motifs is 1. The third-order valence-electron chi connectivity index (χ3n) is 6.63. The van der Waals surface area contributed by atoms with E-state index in [1.54, 1.807) is 6.92 Å². The van der Waals surface area contributed by atoms with Crippen molar-refractivity contribution in [3.8, 4) is 0 Å². The maximum atomic E-state index is 13.4. The molecule has 0 saturated carbocycles. The maximum absolute atomic E-state index is 13.4. The number of anilines is 1. The van der Waals surface area contributed by atoms with E-state index in [1.165, 1.54) is 19.3 Å². The van der Waals surface area contributed by atoms with Gasteiger partial charge in [0.1, 0.15) is 0 Å². The third kappa shape index (κ3) is 6.32. The Balaban J connectivity index is 1.96. The Labute approximate surface area is 193 Å². The molecule has 2 unspecified atom stereocenters. The second-order valence-electron chi connectivity index (χ2n) is 9.81. The molecular weight excluding hydrogens is 402 g/mol. The van der Waals surface area contributed by atoms with Gasteiger partial charge in [0.15, 0.2) is 0 Å². The molecule has 6 nitrogen and oxygen atoms in total. The van der Waals surface area contributed by atoms with Gasteiger partial charge in [-0.05, 0) is 70.8 Å². The summed E-state index contributed by atoms with van der Waals surface area (Å²) >= 11 is 0. The lowest BCUT2D eigenvalue weighted by Crippen LogP contribution is -2.48. The van der Waals surface area contributed by atoms with Crippen LogP contribution in [0.2, 0.25) is 0 Å². The van der Waals surface area contributed by atoms with E-state index in [1.807, 2.05) is 41.8 Å². The van der Waals surface area contributed by atoms with Gasteiger partial charge >= 0.3 is 0 Å². The summed E-state index contributed by atoms with van der Waals surface area (Å²) in [6.07, 6.45) is 5.86. The molecule has 2 aliphatic rings. The van der Waals surface area contributed by atoms with Gasteiger partial charge in [-0.15, -0.1) is 0 Å². The van der Waals surface area contributed by atoms with Crippen LogP contribution < -0.4 is 4.90 Å². The molecule has 1 aromatic rings. The number of benzene rings is 1. The number of hydrogen-bond donors (Lipinski definition) is 0. The number of morpholine rings is 1. The van der Waals surface area contributed by atoms with Crippen molar-refractivity contribution in [3.05, 3.63) is 29.3 Å². The average molecular weight is 444 g/mol. The van der Waals surface area contributed by atoms with E-state index in [-0.39, 0.29) is 24.0 Å². The van der Waals surface area contributed by atoms with Crippen molar-refractivity contribution in [1.29, 1.82) is 0 Å². The number of carbonyl (C=O) groups excluding carboxylic acids is 2. The van der Waals surface area contributed by atoms with Crippen molar-refractivity contribution in [2.24, 2.45) is 0 Å². The first-order valence-corrected chi connectivity index (χ1v) is 12.4. The van der Waals surface area contributed by atoms with Crippen molar-refractivity contribution in [1.82, 2.24) is 9.80 Å². The number of amides is 2. The highest BCUT2D eigenvalue weighted by atomic mass is 16.5. The molecule has 1 fully saturated rings. The summed E-state index contributed by atoms with van der Waals surface area (Å²) in [4.78, 5) is 32.2. The SMILES string of the molecule is CC(=O)N1CCCCCCCN(C(C)C)Cc2cc(C(=O)N3CC(C)OC(C)C3)ccc21. The van der Waals surface area contributed by atoms with Crippen LogP contribution in [-0.2, 0) is 16.1 Å². The molecule has 0 N–H and O–H groups in total. The Hall–Kier alpha value is -1.92. The smallest absolute Gasteiger partial charge is 0.254 e. The van der Waals surface area contributed by atoms with Gasteiger partial charge in [0.25, 0.3) is 5.91 Å². The molecule has 0 spiro atoms. The van der Waals surface area contributed by atoms with Crippen LogP contribution >= 0.6 is 0 Å². The van der Waals surface area contributed by atoms with Crippen molar-refractivity contribution < 1.29 is 14.3 Å². The quantitative estimate of drug-likeness (QED) is 0.677. The first kappa shape index (κ1) is 24.7. The molecule has 6 heteroatoms. The third-order valence-corrected chi connectivity index (χ3v) is 6.63. The topological polar surface area (TPSA) is 53.1 Å². The highest BCUT2D eigenvalue weighted by Gasteiger charge is 2.28. The van der Waals surface area contributed by atoms with E-state index in [9.17, 15) is 9.59 Å². The molecule has 0 aliphatic carbocycles. The molecule has 0 radical (unpaired) electrons. The van der Waals surface area contributed by atoms with E-state index >= 15 is 0 Å². The Morgan fingerprint density at radius 3 is 2.22 bits per heavy atom. The summed E-state index contributed by atoms with van der Waals surface area (Å²) in [5.41, 5.74) is 2.71. The normalized spacial score (nSPS) is 23.9. The molecule has 1 saturated heterocycles. The van der Waals surface area contributed by atoms with E-state index in [0.717, 1.165) is 43.7 Å². The van der Waals surface area contributed by atoms with Crippen LogP contribution in [0.15, 0.2) is 18.2 Å². The van der Waals surface area contributed by atoms with Crippen LogP contribution in [0.4, 0.5) is 5.69 Å². The van der Waals surface area contributed by atoms with Gasteiger partial charge < -0.3 is 14.5 Å². The van der Waals surface area contributed by atoms with Gasteiger partial charge in [-0.25, -0.2) is 0 Å². The summed E-state index contributed by atoms with van der Waals surface area (Å²) in [5, 5.41) is 0. The van der Waals surface area contributed by atoms with Gasteiger partial charge in [-0.2, -0.15) is 0 Å². The molecule has 2 heterocycles. The zero-order valence-electron chi connectivity index (χ0n) is 20.6. The molecule has 3 rings (SSSR count). The van der Waals surface area contributed by atoms with Crippen molar-refractivity contribution in [2.75, 3.05) is 31.1 Å². The molecule has 2 amide bonds. The molecule has 0 bridgehead atoms. The molecule has 0 aromatic heterocycles. The molecule has 1 aromatic carbocycles. The van der Waals surface area contributed by atoms with Crippen molar-refractivity contribution in [3.63, 3.8) is 0 Å². The summed E-state index contributed by atoms with van der Waals surface area (Å²) in [7, 11) is 0. The second kappa shape index (κ2) is 11.3. The highest BCUT2D eigenvalue weighted by Crippen LogP contribution is 2.27. The number of hydrogen-bond acceptors (Lipinski definition) is 4. The second-order valence-corrected chi connectivity index (χ2v) is 9.81. The summed E-state index contributed by atoms with van der Waals surface area (Å²) in [6, 6.07) is 6.31. The minimum absolute atomic E-state index is 0.0385. The first-order chi connectivity index (χ1) is 15.3. The van der Waals surface area contributed by atoms with E-state index < -0.39 is 0 Å². The van der Waals surface area contributed by atoms with Crippen molar-refractivity contribution >= 4 is 17.5 Å². The van der Waals surface area contributed by atoms with Gasteiger partial charge in [-0.3, -0.25) is 14.5 Å². The van der Waals surface area contributed by atoms with Gasteiger partial charge in [0, 0.05) is 50.4 Å². The molecule has 32 heavy (non-hydrogen) atoms. The monoisotopic (exact) mass is 443 g/mol. The lowest BCUT2D eigenvalue weighted by molar-refractivity contribution is -0.116. The predicted molar refractivity (Wildman–Crippen MR) is 129 cm³/mol. The van der Waals surface area contributed by atoms with Crippen LogP contribution in [0.25, 0.3) is 0 Å². The number of carbonyl (C=O) groups is 2. The Morgan fingerprint density at radius 2 is 1.59 bits per heavy atom. The van der Waals surface area contributed by atoms with Gasteiger partial charge in [0.05, 0.1) is 12.2 Å². The lowest BCUT2D eigenvalue weighted by atomic mass is 10.0. The predicted octanol–water partition coefficient (Wildman–Crippen LogP) is 4.46. The minimum atomic E-state index is 0.0385. The molecule has 2 aliphatic heterocycles. The largest absolute Gasteiger partial charge is 0.372 e. The maximum Gasteiger partial charge on any atom is 0.254 e. The van der Waals surface area contributed by atoms with E-state index in [4.69, 9.17) is 4.74 Å². The molecule has 178 valence electrons. The number of ether oxygens (including phenoxy) is 1. The first-order valence-electron chi connectivity index (χ1n) is 12.4. The summed E-state index contributed by atoms with van der Waals surface area (Å²) in [6.45, 7) is 13.8. The summed E-state index contributed by atoms with van der Waals surface area (Å²) < 4.78 is 5.81. The van der Waals surface area contributed by atoms with Crippen molar-refractivity contribution in [2.45, 2.75) is 91.5 Å². The fourth-order valence-corrected chi connectivity index (χ4v) is 4.94. The van der Waals surface area contributed by atoms with Crippen LogP contribution in [0.3, 0.4) is 0 Å². The van der Waals surface area contributed by atoms with Crippen LogP contribution in [0, 0.1) is 0 Å². The van der Waals surface area contributed by atoms with Crippen LogP contribution in [0.5, 0.6) is 0 Å². The lowest BCUT2D eigenvalue weighted by Gasteiger charge is -2.35.